The van der Waals surface area contributed by atoms with Gasteiger partial charge in [0.25, 0.3) is 0 Å². The Balaban J connectivity index is 3.55. The minimum atomic E-state index is -5.34. The van der Waals surface area contributed by atoms with E-state index in [1.54, 1.807) is 0 Å². The number of esters is 1. The lowest BCUT2D eigenvalue weighted by Crippen LogP contribution is -2.20. The van der Waals surface area contributed by atoms with Crippen molar-refractivity contribution in [1.82, 2.24) is 4.98 Å². The quantitative estimate of drug-likeness (QED) is 0.367. The summed E-state index contributed by atoms with van der Waals surface area (Å²) in [5.41, 5.74) is -2.46. The number of aromatic nitrogens is 1. The van der Waals surface area contributed by atoms with E-state index < -0.39 is 46.5 Å². The lowest BCUT2D eigenvalue weighted by Gasteiger charge is -2.10. The van der Waals surface area contributed by atoms with Crippen molar-refractivity contribution in [1.29, 1.82) is 0 Å². The second kappa shape index (κ2) is 5.85. The van der Waals surface area contributed by atoms with Crippen LogP contribution in [0.4, 0.5) is 27.8 Å². The third-order valence-corrected chi connectivity index (χ3v) is 2.01. The molecular weight excluding hydrogens is 311 g/mol. The highest BCUT2D eigenvalue weighted by Crippen LogP contribution is 2.35. The van der Waals surface area contributed by atoms with E-state index in [1.165, 1.54) is 0 Å². The minimum absolute atomic E-state index is 0.131. The molecular formula is C9H5F5N2O5. The third kappa shape index (κ3) is 3.97. The van der Waals surface area contributed by atoms with Crippen LogP contribution in [0, 0.1) is 10.1 Å². The van der Waals surface area contributed by atoms with Gasteiger partial charge in [0, 0.05) is 6.07 Å². The van der Waals surface area contributed by atoms with Crippen molar-refractivity contribution in [2.75, 3.05) is 7.11 Å². The van der Waals surface area contributed by atoms with E-state index in [1.807, 2.05) is 0 Å². The van der Waals surface area contributed by atoms with E-state index >= 15 is 0 Å². The van der Waals surface area contributed by atoms with Crippen molar-refractivity contribution in [3.05, 3.63) is 27.4 Å². The number of pyridine rings is 1. The molecule has 0 aliphatic carbocycles. The lowest BCUT2D eigenvalue weighted by atomic mass is 10.2. The van der Waals surface area contributed by atoms with Crippen LogP contribution in [0.15, 0.2) is 6.07 Å². The van der Waals surface area contributed by atoms with Gasteiger partial charge in [-0.15, -0.1) is 13.2 Å². The van der Waals surface area contributed by atoms with Gasteiger partial charge in [0.2, 0.25) is 11.4 Å². The number of hydrogen-bond acceptors (Lipinski definition) is 6. The topological polar surface area (TPSA) is 91.6 Å². The van der Waals surface area contributed by atoms with Crippen LogP contribution in [0.25, 0.3) is 0 Å². The number of nitro groups is 1. The molecule has 1 heterocycles. The summed E-state index contributed by atoms with van der Waals surface area (Å²) in [5, 5.41) is 10.6. The monoisotopic (exact) mass is 316 g/mol. The summed E-state index contributed by atoms with van der Waals surface area (Å²) < 4.78 is 69.1. The second-order valence-corrected chi connectivity index (χ2v) is 3.34. The zero-order valence-electron chi connectivity index (χ0n) is 9.98. The van der Waals surface area contributed by atoms with Crippen molar-refractivity contribution in [3.63, 3.8) is 0 Å². The van der Waals surface area contributed by atoms with E-state index in [0.29, 0.717) is 0 Å². The van der Waals surface area contributed by atoms with Crippen LogP contribution in [-0.4, -0.2) is 29.3 Å². The Labute approximate surface area is 112 Å². The maximum Gasteiger partial charge on any atom is 0.573 e. The number of rotatable bonds is 4. The van der Waals surface area contributed by atoms with E-state index in [0.717, 1.165) is 7.11 Å². The number of hydrogen-bond donors (Lipinski definition) is 0. The summed E-state index contributed by atoms with van der Waals surface area (Å²) in [6.45, 7) is 0. The molecule has 7 nitrogen and oxygen atoms in total. The molecule has 0 fully saturated rings. The number of ether oxygens (including phenoxy) is 2. The van der Waals surface area contributed by atoms with Crippen molar-refractivity contribution in [3.8, 4) is 5.75 Å². The van der Waals surface area contributed by atoms with Crippen LogP contribution < -0.4 is 4.74 Å². The molecule has 0 bridgehead atoms. The highest BCUT2D eigenvalue weighted by atomic mass is 19.4. The molecule has 0 aliphatic rings. The van der Waals surface area contributed by atoms with E-state index in [4.69, 9.17) is 0 Å². The molecule has 0 N–H and O–H groups in total. The summed E-state index contributed by atoms with van der Waals surface area (Å²) in [5.74, 6) is -4.55. The molecule has 116 valence electrons. The molecule has 21 heavy (non-hydrogen) atoms. The largest absolute Gasteiger partial charge is 0.573 e. The normalized spacial score (nSPS) is 11.4. The van der Waals surface area contributed by atoms with Crippen molar-refractivity contribution < 1.29 is 41.1 Å². The number of nitrogens with zero attached hydrogens (tertiary/aromatic N) is 2. The molecule has 0 spiro atoms. The van der Waals surface area contributed by atoms with Crippen LogP contribution in [-0.2, 0) is 4.74 Å². The van der Waals surface area contributed by atoms with Crippen LogP contribution in [0.2, 0.25) is 0 Å². The Bertz CT molecular complexity index is 574. The molecule has 0 aliphatic heterocycles. The molecule has 12 heteroatoms. The van der Waals surface area contributed by atoms with Gasteiger partial charge < -0.3 is 19.6 Å². The van der Waals surface area contributed by atoms with Gasteiger partial charge in [-0.25, -0.2) is 13.6 Å². The summed E-state index contributed by atoms with van der Waals surface area (Å²) >= 11 is 0. The molecule has 0 aromatic carbocycles. The Morgan fingerprint density at radius 3 is 2.38 bits per heavy atom. The highest BCUT2D eigenvalue weighted by Gasteiger charge is 2.38. The number of carbonyl (C=O) groups excluding carboxylic acids is 1. The minimum Gasteiger partial charge on any atom is -0.465 e. The fourth-order valence-electron chi connectivity index (χ4n) is 1.27. The average molecular weight is 316 g/mol. The predicted octanol–water partition coefficient (Wildman–Crippen LogP) is 2.61. The van der Waals surface area contributed by atoms with Crippen LogP contribution in [0.1, 0.15) is 22.5 Å². The fraction of sp³-hybridized carbons (Fsp3) is 0.333. The first-order chi connectivity index (χ1) is 9.56. The lowest BCUT2D eigenvalue weighted by molar-refractivity contribution is -0.393. The van der Waals surface area contributed by atoms with Crippen LogP contribution in [0.3, 0.4) is 0 Å². The van der Waals surface area contributed by atoms with Crippen molar-refractivity contribution in [2.24, 2.45) is 0 Å². The summed E-state index contributed by atoms with van der Waals surface area (Å²) in [6.07, 6.45) is -8.79. The summed E-state index contributed by atoms with van der Waals surface area (Å²) in [6, 6.07) is 0.131. The Morgan fingerprint density at radius 1 is 1.43 bits per heavy atom. The third-order valence-electron chi connectivity index (χ3n) is 2.01. The maximum absolute atomic E-state index is 12.7. The molecule has 0 unspecified atom stereocenters. The average Bonchev–Trinajstić information content (AvgIpc) is 2.34. The van der Waals surface area contributed by atoms with Gasteiger partial charge in [-0.3, -0.25) is 0 Å². The van der Waals surface area contributed by atoms with Gasteiger partial charge in [0.15, 0.2) is 0 Å². The summed E-state index contributed by atoms with van der Waals surface area (Å²) in [4.78, 5) is 23.1. The molecule has 0 saturated carbocycles. The molecule has 1 aromatic rings. The Hall–Kier alpha value is -2.53. The molecule has 1 aromatic heterocycles. The first kappa shape index (κ1) is 16.5. The van der Waals surface area contributed by atoms with Gasteiger partial charge >= 0.3 is 24.6 Å². The molecule has 0 saturated heterocycles. The van der Waals surface area contributed by atoms with E-state index in [2.05, 4.69) is 14.5 Å². The van der Waals surface area contributed by atoms with Gasteiger partial charge in [0.1, 0.15) is 5.56 Å². The predicted molar refractivity (Wildman–Crippen MR) is 53.9 cm³/mol. The number of carbonyl (C=O) groups is 1. The number of methoxy groups -OCH3 is 1. The first-order valence-electron chi connectivity index (χ1n) is 4.88. The maximum atomic E-state index is 12.7. The molecule has 0 radical (unpaired) electrons. The highest BCUT2D eigenvalue weighted by molar-refractivity contribution is 5.91. The van der Waals surface area contributed by atoms with Gasteiger partial charge in [-0.2, -0.15) is 0 Å². The number of halogens is 5. The zero-order valence-corrected chi connectivity index (χ0v) is 9.98. The molecule has 1 rings (SSSR count). The standard InChI is InChI=1S/C9H5F5N2O5/c1-20-8(17)3-2-4(21-9(12,13)14)7(16(18)19)15-5(3)6(10)11/h2,6H,1H3. The smallest absolute Gasteiger partial charge is 0.465 e. The van der Waals surface area contributed by atoms with E-state index in [-0.39, 0.29) is 6.07 Å². The van der Waals surface area contributed by atoms with Gasteiger partial charge in [0.05, 0.1) is 7.11 Å². The second-order valence-electron chi connectivity index (χ2n) is 3.34. The van der Waals surface area contributed by atoms with Crippen molar-refractivity contribution >= 4 is 11.8 Å². The molecule has 0 atom stereocenters. The Kier molecular flexibility index (Phi) is 4.60. The van der Waals surface area contributed by atoms with Gasteiger partial charge in [-0.1, -0.05) is 0 Å². The zero-order chi connectivity index (χ0) is 16.4. The van der Waals surface area contributed by atoms with Crippen LogP contribution in [0.5, 0.6) is 5.75 Å². The summed E-state index contributed by atoms with van der Waals surface area (Å²) in [7, 11) is 0.781. The first-order valence-corrected chi connectivity index (χ1v) is 4.88. The SMILES string of the molecule is COC(=O)c1cc(OC(F)(F)F)c([N+](=O)[O-])nc1C(F)F. The van der Waals surface area contributed by atoms with Crippen LogP contribution >= 0.6 is 0 Å². The van der Waals surface area contributed by atoms with Gasteiger partial charge in [-0.05, 0) is 9.91 Å². The van der Waals surface area contributed by atoms with E-state index in [9.17, 15) is 36.9 Å². The Morgan fingerprint density at radius 2 is 2.00 bits per heavy atom. The van der Waals surface area contributed by atoms with Crippen molar-refractivity contribution in [2.45, 2.75) is 12.8 Å². The number of alkyl halides is 5. The molecule has 0 amide bonds. The fourth-order valence-corrected chi connectivity index (χ4v) is 1.27.